The summed E-state index contributed by atoms with van der Waals surface area (Å²) in [4.78, 5) is 16.6. The molecule has 7 nitrogen and oxygen atoms in total. The molecule has 180 valence electrons. The molecule has 0 radical (unpaired) electrons. The van der Waals surface area contributed by atoms with Gasteiger partial charge in [-0.3, -0.25) is 4.98 Å². The predicted molar refractivity (Wildman–Crippen MR) is 137 cm³/mol. The summed E-state index contributed by atoms with van der Waals surface area (Å²) in [6.45, 7) is 8.47. The number of anilines is 2. The van der Waals surface area contributed by atoms with E-state index in [2.05, 4.69) is 35.1 Å². The topological polar surface area (TPSA) is 72.4 Å². The zero-order valence-electron chi connectivity index (χ0n) is 20.2. The second-order valence-electron chi connectivity index (χ2n) is 8.23. The summed E-state index contributed by atoms with van der Waals surface area (Å²) >= 11 is 6.58. The van der Waals surface area contributed by atoms with Gasteiger partial charge in [-0.25, -0.2) is 9.97 Å². The van der Waals surface area contributed by atoms with Crippen molar-refractivity contribution >= 4 is 23.1 Å². The molecule has 1 aliphatic heterocycles. The molecule has 1 aromatic carbocycles. The maximum atomic E-state index is 6.58. The van der Waals surface area contributed by atoms with Gasteiger partial charge in [0.05, 0.1) is 53.2 Å². The first-order chi connectivity index (χ1) is 16.6. The zero-order valence-corrected chi connectivity index (χ0v) is 21.0. The molecule has 0 unspecified atom stereocenters. The third-order valence-electron chi connectivity index (χ3n) is 6.12. The van der Waals surface area contributed by atoms with E-state index in [0.29, 0.717) is 11.6 Å². The molecule has 8 heteroatoms. The number of hydrogen-bond acceptors (Lipinski definition) is 7. The predicted octanol–water partition coefficient (Wildman–Crippen LogP) is 5.03. The van der Waals surface area contributed by atoms with Crippen molar-refractivity contribution < 1.29 is 9.47 Å². The molecule has 1 aliphatic rings. The second-order valence-corrected chi connectivity index (χ2v) is 8.64. The van der Waals surface area contributed by atoms with Crippen LogP contribution in [-0.4, -0.2) is 53.9 Å². The van der Waals surface area contributed by atoms with Gasteiger partial charge in [-0.1, -0.05) is 25.4 Å². The number of halogens is 1. The number of hydrogen-bond donors (Lipinski definition) is 1. The van der Waals surface area contributed by atoms with E-state index in [1.54, 1.807) is 13.3 Å². The molecule has 0 amide bonds. The number of ether oxygens (including phenoxy) is 2. The molecule has 1 saturated heterocycles. The van der Waals surface area contributed by atoms with Crippen LogP contribution < -0.4 is 15.0 Å². The van der Waals surface area contributed by atoms with Crippen molar-refractivity contribution in [1.82, 2.24) is 15.0 Å². The van der Waals surface area contributed by atoms with Gasteiger partial charge in [-0.2, -0.15) is 0 Å². The Hall–Kier alpha value is -2.90. The van der Waals surface area contributed by atoms with Crippen molar-refractivity contribution in [3.63, 3.8) is 0 Å². The number of aryl methyl sites for hydroxylation is 2. The maximum absolute atomic E-state index is 6.58. The number of aromatic nitrogens is 3. The molecule has 2 aromatic heterocycles. The van der Waals surface area contributed by atoms with Crippen LogP contribution in [0.1, 0.15) is 32.2 Å². The van der Waals surface area contributed by atoms with Gasteiger partial charge in [0.25, 0.3) is 0 Å². The lowest BCUT2D eigenvalue weighted by atomic mass is 10.1. The Morgan fingerprint density at radius 2 is 1.91 bits per heavy atom. The molecule has 0 bridgehead atoms. The highest BCUT2D eigenvalue weighted by atomic mass is 35.5. The molecule has 0 saturated carbocycles. The van der Waals surface area contributed by atoms with Crippen molar-refractivity contribution in [1.29, 1.82) is 0 Å². The minimum atomic E-state index is 0.0393. The molecule has 34 heavy (non-hydrogen) atoms. The molecule has 2 atom stereocenters. The van der Waals surface area contributed by atoms with Crippen molar-refractivity contribution in [3.8, 4) is 17.0 Å². The number of nitrogens with zero attached hydrogens (tertiary/aromatic N) is 4. The van der Waals surface area contributed by atoms with E-state index in [9.17, 15) is 0 Å². The minimum absolute atomic E-state index is 0.0393. The molecule has 1 fully saturated rings. The van der Waals surface area contributed by atoms with E-state index in [-0.39, 0.29) is 12.1 Å². The van der Waals surface area contributed by atoms with Crippen molar-refractivity contribution in [2.75, 3.05) is 37.0 Å². The van der Waals surface area contributed by atoms with Crippen LogP contribution in [0.3, 0.4) is 0 Å². The fraction of sp³-hybridized carbons (Fsp3) is 0.423. The van der Waals surface area contributed by atoms with Crippen molar-refractivity contribution in [3.05, 3.63) is 59.1 Å². The second kappa shape index (κ2) is 11.0. The third-order valence-corrected chi connectivity index (χ3v) is 6.43. The lowest BCUT2D eigenvalue weighted by molar-refractivity contribution is 0.0719. The molecule has 3 heterocycles. The van der Waals surface area contributed by atoms with Crippen LogP contribution in [0.2, 0.25) is 5.02 Å². The monoisotopic (exact) mass is 481 g/mol. The van der Waals surface area contributed by atoms with Gasteiger partial charge >= 0.3 is 0 Å². The summed E-state index contributed by atoms with van der Waals surface area (Å²) in [7, 11) is 1.63. The van der Waals surface area contributed by atoms with Gasteiger partial charge in [0.1, 0.15) is 11.6 Å². The highest BCUT2D eigenvalue weighted by Gasteiger charge is 2.34. The average molecular weight is 482 g/mol. The molecule has 4 rings (SSSR count). The number of benzene rings is 1. The van der Waals surface area contributed by atoms with E-state index in [0.717, 1.165) is 65.8 Å². The molecule has 1 N–H and O–H groups in total. The molecular formula is C26H32ClN5O2. The highest BCUT2D eigenvalue weighted by molar-refractivity contribution is 6.33. The summed E-state index contributed by atoms with van der Waals surface area (Å²) < 4.78 is 11.4. The van der Waals surface area contributed by atoms with Crippen molar-refractivity contribution in [2.45, 2.75) is 45.8 Å². The van der Waals surface area contributed by atoms with Crippen LogP contribution in [0.15, 0.2) is 42.7 Å². The number of methoxy groups -OCH3 is 1. The lowest BCUT2D eigenvalue weighted by Gasteiger charge is -2.22. The molecular weight excluding hydrogens is 450 g/mol. The lowest BCUT2D eigenvalue weighted by Crippen LogP contribution is -2.35. The van der Waals surface area contributed by atoms with Crippen molar-refractivity contribution in [2.24, 2.45) is 0 Å². The Bertz CT molecular complexity index is 1110. The van der Waals surface area contributed by atoms with Crippen LogP contribution in [0.5, 0.6) is 5.75 Å². The fourth-order valence-corrected chi connectivity index (χ4v) is 4.63. The summed E-state index contributed by atoms with van der Waals surface area (Å²) in [6, 6.07) is 9.79. The van der Waals surface area contributed by atoms with Gasteiger partial charge < -0.3 is 19.7 Å². The van der Waals surface area contributed by atoms with Gasteiger partial charge in [0.2, 0.25) is 0 Å². The zero-order chi connectivity index (χ0) is 24.1. The van der Waals surface area contributed by atoms with E-state index in [4.69, 9.17) is 31.0 Å². The van der Waals surface area contributed by atoms with Crippen LogP contribution in [0.4, 0.5) is 11.5 Å². The van der Waals surface area contributed by atoms with Crippen LogP contribution in [0.25, 0.3) is 11.3 Å². The number of nitrogens with one attached hydrogen (secondary N) is 1. The van der Waals surface area contributed by atoms with E-state index < -0.39 is 0 Å². The first-order valence-electron chi connectivity index (χ1n) is 11.8. The standard InChI is InChI=1S/C26H32ClN5O2/c1-5-21-25(19-11-10-18(33-4)13-20(19)27)29-22(6-2)26(30-21)31-23-15-32(16-24(23)34-7-3)17-9-8-12-28-14-17/h8-14,23-24H,5-7,15-16H2,1-4H3,(H,30,31)/t23-,24-/m1/s1. The maximum Gasteiger partial charge on any atom is 0.148 e. The Morgan fingerprint density at radius 1 is 1.09 bits per heavy atom. The van der Waals surface area contributed by atoms with Crippen LogP contribution >= 0.6 is 11.6 Å². The Balaban J connectivity index is 1.65. The summed E-state index contributed by atoms with van der Waals surface area (Å²) in [5.74, 6) is 1.53. The minimum Gasteiger partial charge on any atom is -0.497 e. The van der Waals surface area contributed by atoms with E-state index >= 15 is 0 Å². The Kier molecular flexibility index (Phi) is 7.85. The largest absolute Gasteiger partial charge is 0.497 e. The van der Waals surface area contributed by atoms with Gasteiger partial charge in [-0.15, -0.1) is 0 Å². The first kappa shape index (κ1) is 24.2. The summed E-state index contributed by atoms with van der Waals surface area (Å²) in [5, 5.41) is 4.27. The molecule has 3 aromatic rings. The van der Waals surface area contributed by atoms with Crippen LogP contribution in [-0.2, 0) is 17.6 Å². The smallest absolute Gasteiger partial charge is 0.148 e. The van der Waals surface area contributed by atoms with E-state index in [1.807, 2.05) is 37.4 Å². The number of rotatable bonds is 9. The Labute approximate surface area is 206 Å². The quantitative estimate of drug-likeness (QED) is 0.459. The molecule has 0 aliphatic carbocycles. The van der Waals surface area contributed by atoms with Gasteiger partial charge in [0.15, 0.2) is 0 Å². The van der Waals surface area contributed by atoms with Crippen LogP contribution in [0, 0.1) is 0 Å². The Morgan fingerprint density at radius 3 is 2.56 bits per heavy atom. The average Bonchev–Trinajstić information content (AvgIpc) is 3.26. The highest BCUT2D eigenvalue weighted by Crippen LogP contribution is 2.33. The third kappa shape index (κ3) is 5.10. The molecule has 0 spiro atoms. The summed E-state index contributed by atoms with van der Waals surface area (Å²) in [6.07, 6.45) is 5.22. The fourth-order valence-electron chi connectivity index (χ4n) is 4.37. The summed E-state index contributed by atoms with van der Waals surface area (Å²) in [5.41, 5.74) is 4.60. The first-order valence-corrected chi connectivity index (χ1v) is 12.2. The van der Waals surface area contributed by atoms with Gasteiger partial charge in [0, 0.05) is 31.5 Å². The SMILES string of the molecule is CCO[C@@H]1CN(c2cccnc2)C[C@H]1Nc1nc(CC)c(-c2ccc(OC)cc2Cl)nc1CC. The van der Waals surface area contributed by atoms with E-state index in [1.165, 1.54) is 0 Å². The van der Waals surface area contributed by atoms with Gasteiger partial charge in [-0.05, 0) is 50.1 Å². The number of pyridine rings is 1. The normalized spacial score (nSPS) is 17.7.